The van der Waals surface area contributed by atoms with Crippen molar-refractivity contribution in [3.05, 3.63) is 42.7 Å². The molecule has 0 bridgehead atoms. The number of ketones is 1. The number of hydrogen-bond donors (Lipinski definition) is 0. The van der Waals surface area contributed by atoms with Gasteiger partial charge in [-0.1, -0.05) is 18.7 Å². The molecule has 0 saturated heterocycles. The van der Waals surface area contributed by atoms with Crippen molar-refractivity contribution in [2.75, 3.05) is 0 Å². The van der Waals surface area contributed by atoms with Gasteiger partial charge in [-0.05, 0) is 31.0 Å². The third-order valence-corrected chi connectivity index (χ3v) is 1.91. The summed E-state index contributed by atoms with van der Waals surface area (Å²) in [6, 6.07) is 7.66. The maximum Gasteiger partial charge on any atom is 0.130 e. The summed E-state index contributed by atoms with van der Waals surface area (Å²) in [4.78, 5) is 10.7. The van der Waals surface area contributed by atoms with E-state index in [9.17, 15) is 4.79 Å². The van der Waals surface area contributed by atoms with Gasteiger partial charge in [-0.15, -0.1) is 0 Å². The standard InChI is InChI=1S/C12H14O2/c1-3-14-12-8-6-11(7-9-12)5-4-10(2)13/h3,6-9H,1,4-5H2,2H3. The van der Waals surface area contributed by atoms with Crippen LogP contribution in [0.2, 0.25) is 0 Å². The molecule has 0 atom stereocenters. The summed E-state index contributed by atoms with van der Waals surface area (Å²) in [7, 11) is 0. The van der Waals surface area contributed by atoms with Crippen LogP contribution in [0.15, 0.2) is 37.1 Å². The van der Waals surface area contributed by atoms with Crippen LogP contribution >= 0.6 is 0 Å². The smallest absolute Gasteiger partial charge is 0.130 e. The fraction of sp³-hybridized carbons (Fsp3) is 0.250. The molecule has 2 heteroatoms. The van der Waals surface area contributed by atoms with Crippen molar-refractivity contribution in [3.8, 4) is 5.75 Å². The van der Waals surface area contributed by atoms with Gasteiger partial charge in [-0.2, -0.15) is 0 Å². The zero-order valence-electron chi connectivity index (χ0n) is 8.32. The van der Waals surface area contributed by atoms with Crippen LogP contribution in [-0.4, -0.2) is 5.78 Å². The Morgan fingerprint density at radius 3 is 2.57 bits per heavy atom. The monoisotopic (exact) mass is 190 g/mol. The molecule has 1 aromatic rings. The van der Waals surface area contributed by atoms with Gasteiger partial charge in [-0.25, -0.2) is 0 Å². The molecule has 2 nitrogen and oxygen atoms in total. The molecule has 0 aliphatic rings. The van der Waals surface area contributed by atoms with Gasteiger partial charge in [0, 0.05) is 6.42 Å². The van der Waals surface area contributed by atoms with Crippen LogP contribution in [0, 0.1) is 0 Å². The lowest BCUT2D eigenvalue weighted by Crippen LogP contribution is -1.93. The predicted octanol–water partition coefficient (Wildman–Crippen LogP) is 2.73. The number of carbonyl (C=O) groups excluding carboxylic acids is 1. The van der Waals surface area contributed by atoms with Gasteiger partial charge in [0.15, 0.2) is 0 Å². The molecule has 1 aromatic carbocycles. The van der Waals surface area contributed by atoms with Gasteiger partial charge in [0.25, 0.3) is 0 Å². The van der Waals surface area contributed by atoms with E-state index in [2.05, 4.69) is 6.58 Å². The highest BCUT2D eigenvalue weighted by molar-refractivity contribution is 5.75. The van der Waals surface area contributed by atoms with Gasteiger partial charge >= 0.3 is 0 Å². The van der Waals surface area contributed by atoms with Crippen molar-refractivity contribution in [1.29, 1.82) is 0 Å². The first kappa shape index (κ1) is 10.5. The predicted molar refractivity (Wildman–Crippen MR) is 56.3 cm³/mol. The third kappa shape index (κ3) is 3.44. The van der Waals surface area contributed by atoms with E-state index in [1.165, 1.54) is 6.26 Å². The topological polar surface area (TPSA) is 26.3 Å². The number of ether oxygens (including phenoxy) is 1. The van der Waals surface area contributed by atoms with E-state index in [0.29, 0.717) is 6.42 Å². The average Bonchev–Trinajstić information content (AvgIpc) is 2.17. The second kappa shape index (κ2) is 5.22. The molecule has 0 radical (unpaired) electrons. The highest BCUT2D eigenvalue weighted by Gasteiger charge is 1.97. The lowest BCUT2D eigenvalue weighted by atomic mass is 10.1. The number of hydrogen-bond acceptors (Lipinski definition) is 2. The molecular weight excluding hydrogens is 176 g/mol. The minimum Gasteiger partial charge on any atom is -0.466 e. The maximum absolute atomic E-state index is 10.7. The highest BCUT2D eigenvalue weighted by atomic mass is 16.5. The molecule has 0 spiro atoms. The summed E-state index contributed by atoms with van der Waals surface area (Å²) in [6.45, 7) is 5.08. The van der Waals surface area contributed by atoms with Crippen LogP contribution < -0.4 is 4.74 Å². The maximum atomic E-state index is 10.7. The van der Waals surface area contributed by atoms with Gasteiger partial charge in [-0.3, -0.25) is 0 Å². The third-order valence-electron chi connectivity index (χ3n) is 1.91. The Kier molecular flexibility index (Phi) is 3.92. The van der Waals surface area contributed by atoms with E-state index in [0.717, 1.165) is 17.7 Å². The molecule has 0 saturated carbocycles. The fourth-order valence-corrected chi connectivity index (χ4v) is 1.15. The Labute approximate surface area is 84.2 Å². The second-order valence-corrected chi connectivity index (χ2v) is 3.13. The molecular formula is C12H14O2. The molecule has 14 heavy (non-hydrogen) atoms. The van der Waals surface area contributed by atoms with E-state index in [-0.39, 0.29) is 5.78 Å². The Hall–Kier alpha value is -1.57. The molecule has 74 valence electrons. The number of benzene rings is 1. The first-order chi connectivity index (χ1) is 6.72. The van der Waals surface area contributed by atoms with Crippen LogP contribution in [-0.2, 0) is 11.2 Å². The summed E-state index contributed by atoms with van der Waals surface area (Å²) in [5, 5.41) is 0. The molecule has 0 aromatic heterocycles. The lowest BCUT2D eigenvalue weighted by molar-refractivity contribution is -0.116. The van der Waals surface area contributed by atoms with Crippen molar-refractivity contribution in [1.82, 2.24) is 0 Å². The van der Waals surface area contributed by atoms with Crippen LogP contribution in [0.1, 0.15) is 18.9 Å². The summed E-state index contributed by atoms with van der Waals surface area (Å²) < 4.78 is 5.08. The number of rotatable bonds is 5. The van der Waals surface area contributed by atoms with Crippen molar-refractivity contribution >= 4 is 5.78 Å². The summed E-state index contributed by atoms with van der Waals surface area (Å²) in [6.07, 6.45) is 2.79. The SMILES string of the molecule is C=COc1ccc(CCC(C)=O)cc1. The lowest BCUT2D eigenvalue weighted by Gasteiger charge is -2.01. The van der Waals surface area contributed by atoms with Gasteiger partial charge in [0.05, 0.1) is 6.26 Å². The summed E-state index contributed by atoms with van der Waals surface area (Å²) >= 11 is 0. The number of Topliss-reactive ketones (excluding diaryl/α,β-unsaturated/α-hetero) is 1. The van der Waals surface area contributed by atoms with E-state index >= 15 is 0 Å². The van der Waals surface area contributed by atoms with Crippen molar-refractivity contribution in [2.45, 2.75) is 19.8 Å². The number of carbonyl (C=O) groups is 1. The average molecular weight is 190 g/mol. The normalized spacial score (nSPS) is 9.50. The van der Waals surface area contributed by atoms with Gasteiger partial charge in [0.2, 0.25) is 0 Å². The molecule has 1 rings (SSSR count). The minimum absolute atomic E-state index is 0.219. The first-order valence-corrected chi connectivity index (χ1v) is 4.58. The fourth-order valence-electron chi connectivity index (χ4n) is 1.15. The zero-order chi connectivity index (χ0) is 10.4. The molecule has 0 heterocycles. The Balaban J connectivity index is 2.54. The minimum atomic E-state index is 0.219. The Morgan fingerprint density at radius 2 is 2.07 bits per heavy atom. The van der Waals surface area contributed by atoms with Crippen molar-refractivity contribution < 1.29 is 9.53 Å². The zero-order valence-corrected chi connectivity index (χ0v) is 8.32. The molecule has 0 aliphatic heterocycles. The van der Waals surface area contributed by atoms with E-state index in [4.69, 9.17) is 4.74 Å². The second-order valence-electron chi connectivity index (χ2n) is 3.13. The van der Waals surface area contributed by atoms with Crippen LogP contribution in [0.4, 0.5) is 0 Å². The quantitative estimate of drug-likeness (QED) is 0.667. The van der Waals surface area contributed by atoms with Gasteiger partial charge in [0.1, 0.15) is 11.5 Å². The largest absolute Gasteiger partial charge is 0.466 e. The van der Waals surface area contributed by atoms with Crippen molar-refractivity contribution in [3.63, 3.8) is 0 Å². The van der Waals surface area contributed by atoms with Gasteiger partial charge < -0.3 is 9.53 Å². The summed E-state index contributed by atoms with van der Waals surface area (Å²) in [5.74, 6) is 0.989. The Bertz CT molecular complexity index is 312. The van der Waals surface area contributed by atoms with E-state index < -0.39 is 0 Å². The van der Waals surface area contributed by atoms with E-state index in [1.807, 2.05) is 24.3 Å². The molecule has 0 amide bonds. The highest BCUT2D eigenvalue weighted by Crippen LogP contribution is 2.13. The van der Waals surface area contributed by atoms with Crippen LogP contribution in [0.5, 0.6) is 5.75 Å². The molecule has 0 N–H and O–H groups in total. The van der Waals surface area contributed by atoms with E-state index in [1.54, 1.807) is 6.92 Å². The molecule has 0 aliphatic carbocycles. The first-order valence-electron chi connectivity index (χ1n) is 4.58. The summed E-state index contributed by atoms with van der Waals surface area (Å²) in [5.41, 5.74) is 1.15. The molecule has 0 fully saturated rings. The van der Waals surface area contributed by atoms with Crippen LogP contribution in [0.3, 0.4) is 0 Å². The van der Waals surface area contributed by atoms with Crippen LogP contribution in [0.25, 0.3) is 0 Å². The number of aryl methyl sites for hydroxylation is 1. The van der Waals surface area contributed by atoms with Crippen molar-refractivity contribution in [2.24, 2.45) is 0 Å². The Morgan fingerprint density at radius 1 is 1.43 bits per heavy atom. The molecule has 0 unspecified atom stereocenters.